The maximum absolute atomic E-state index is 13.1. The summed E-state index contributed by atoms with van der Waals surface area (Å²) in [6.45, 7) is 0. The average Bonchev–Trinajstić information content (AvgIpc) is 2.00. The Balaban J connectivity index is 3.27. The van der Waals surface area contributed by atoms with Gasteiger partial charge in [0.15, 0.2) is 0 Å². The predicted octanol–water partition coefficient (Wildman–Crippen LogP) is 1.03. The highest BCUT2D eigenvalue weighted by Crippen LogP contribution is 2.24. The van der Waals surface area contributed by atoms with E-state index in [1.165, 1.54) is 12.1 Å². The Kier molecular flexibility index (Phi) is 3.28. The molecule has 1 aromatic carbocycles. The Morgan fingerprint density at radius 3 is 2.33 bits per heavy atom. The quantitative estimate of drug-likeness (QED) is 0.600. The predicted molar refractivity (Wildman–Crippen MR) is 51.6 cm³/mol. The van der Waals surface area contributed by atoms with Gasteiger partial charge in [-0.25, -0.2) is 4.39 Å². The van der Waals surface area contributed by atoms with Crippen molar-refractivity contribution in [1.82, 2.24) is 0 Å². The summed E-state index contributed by atoms with van der Waals surface area (Å²) >= 11 is 6.03. The molecule has 0 saturated heterocycles. The number of hydrogen-bond donors (Lipinski definition) is 2. The molecule has 1 aromatic rings. The molecule has 0 amide bonds. The molecule has 64 valence electrons. The highest BCUT2D eigenvalue weighted by Gasteiger charge is 2.19. The van der Waals surface area contributed by atoms with Crippen molar-refractivity contribution < 1.29 is 14.4 Å². The molecule has 0 aliphatic carbocycles. The summed E-state index contributed by atoms with van der Waals surface area (Å²) in [5.74, 6) is -0.667. The van der Waals surface area contributed by atoms with E-state index in [1.807, 2.05) is 0 Å². The summed E-state index contributed by atoms with van der Waals surface area (Å²) in [7, 11) is -1.78. The van der Waals surface area contributed by atoms with E-state index >= 15 is 0 Å². The fourth-order valence-electron chi connectivity index (χ4n) is 0.740. The minimum Gasteiger partial charge on any atom is -0.423 e. The van der Waals surface area contributed by atoms with Crippen LogP contribution in [0.3, 0.4) is 0 Å². The molecule has 12 heavy (non-hydrogen) atoms. The highest BCUT2D eigenvalue weighted by atomic mass is 79.9. The molecule has 2 N–H and O–H groups in total. The molecule has 2 nitrogen and oxygen atoms in total. The molecule has 0 saturated carbocycles. The molecule has 0 heterocycles. The van der Waals surface area contributed by atoms with E-state index in [9.17, 15) is 4.39 Å². The van der Waals surface area contributed by atoms with Gasteiger partial charge in [0.1, 0.15) is 5.82 Å². The third-order valence-corrected chi connectivity index (χ3v) is 3.31. The van der Waals surface area contributed by atoms with Crippen molar-refractivity contribution in [1.29, 1.82) is 0 Å². The number of rotatable bonds is 1. The van der Waals surface area contributed by atoms with Crippen molar-refractivity contribution in [2.75, 3.05) is 0 Å². The van der Waals surface area contributed by atoms with E-state index in [4.69, 9.17) is 10.0 Å². The smallest absolute Gasteiger partial charge is 0.423 e. The monoisotopic (exact) mass is 296 g/mol. The molecule has 6 heteroatoms. The van der Waals surface area contributed by atoms with Crippen molar-refractivity contribution in [2.24, 2.45) is 0 Å². The molecule has 0 bridgehead atoms. The maximum atomic E-state index is 13.1. The van der Waals surface area contributed by atoms with E-state index in [-0.39, 0.29) is 9.94 Å². The van der Waals surface area contributed by atoms with Gasteiger partial charge in [-0.05, 0) is 37.9 Å². The molecule has 0 spiro atoms. The van der Waals surface area contributed by atoms with Crippen molar-refractivity contribution in [3.05, 3.63) is 26.9 Å². The van der Waals surface area contributed by atoms with E-state index < -0.39 is 12.9 Å². The number of benzene rings is 1. The first kappa shape index (κ1) is 10.2. The van der Waals surface area contributed by atoms with Crippen LogP contribution in [0.5, 0.6) is 0 Å². The second kappa shape index (κ2) is 3.87. The van der Waals surface area contributed by atoms with Crippen LogP contribution < -0.4 is 5.46 Å². The molecular formula is C6H4BBr2FO2. The standard InChI is InChI=1S/C6H4BBr2FO2/c8-4-2-1-3(7(11)12)6(10)5(4)9/h1-2,11-12H. The minimum atomic E-state index is -1.78. The van der Waals surface area contributed by atoms with Crippen LogP contribution in [0.25, 0.3) is 0 Å². The second-order valence-corrected chi connectivity index (χ2v) is 3.79. The molecule has 0 fully saturated rings. The summed E-state index contributed by atoms with van der Waals surface area (Å²) in [6.07, 6.45) is 0. The van der Waals surface area contributed by atoms with Gasteiger partial charge in [0.25, 0.3) is 0 Å². The first-order valence-corrected chi connectivity index (χ1v) is 4.62. The topological polar surface area (TPSA) is 40.5 Å². The average molecular weight is 298 g/mol. The van der Waals surface area contributed by atoms with Gasteiger partial charge in [0, 0.05) is 9.94 Å². The lowest BCUT2D eigenvalue weighted by molar-refractivity contribution is 0.423. The highest BCUT2D eigenvalue weighted by molar-refractivity contribution is 9.13. The van der Waals surface area contributed by atoms with Crippen LogP contribution >= 0.6 is 31.9 Å². The van der Waals surface area contributed by atoms with Crippen LogP contribution in [0.1, 0.15) is 0 Å². The zero-order valence-corrected chi connectivity index (χ0v) is 8.93. The zero-order chi connectivity index (χ0) is 9.30. The first-order valence-electron chi connectivity index (χ1n) is 3.03. The van der Waals surface area contributed by atoms with Crippen LogP contribution in [0.4, 0.5) is 4.39 Å². The third-order valence-electron chi connectivity index (χ3n) is 1.34. The molecule has 0 aromatic heterocycles. The van der Waals surface area contributed by atoms with Gasteiger partial charge in [0.05, 0.1) is 4.47 Å². The van der Waals surface area contributed by atoms with Crippen molar-refractivity contribution in [2.45, 2.75) is 0 Å². The third kappa shape index (κ3) is 1.88. The Bertz CT molecular complexity index is 306. The SMILES string of the molecule is OB(O)c1ccc(Br)c(Br)c1F. The molecule has 0 aliphatic rings. The van der Waals surface area contributed by atoms with E-state index in [0.29, 0.717) is 4.47 Å². The molecule has 0 radical (unpaired) electrons. The van der Waals surface area contributed by atoms with Gasteiger partial charge < -0.3 is 10.0 Å². The van der Waals surface area contributed by atoms with Crippen molar-refractivity contribution >= 4 is 44.4 Å². The van der Waals surface area contributed by atoms with Gasteiger partial charge >= 0.3 is 7.12 Å². The fraction of sp³-hybridized carbons (Fsp3) is 0. The van der Waals surface area contributed by atoms with Crippen LogP contribution in [-0.4, -0.2) is 17.2 Å². The lowest BCUT2D eigenvalue weighted by Gasteiger charge is -2.04. The molecule has 1 rings (SSSR count). The summed E-state index contributed by atoms with van der Waals surface area (Å²) in [5.41, 5.74) is -0.148. The summed E-state index contributed by atoms with van der Waals surface area (Å²) in [4.78, 5) is 0. The van der Waals surface area contributed by atoms with Gasteiger partial charge in [-0.3, -0.25) is 0 Å². The maximum Gasteiger partial charge on any atom is 0.491 e. The van der Waals surface area contributed by atoms with Crippen LogP contribution in [0.2, 0.25) is 0 Å². The summed E-state index contributed by atoms with van der Waals surface area (Å²) in [6, 6.07) is 2.83. The summed E-state index contributed by atoms with van der Waals surface area (Å²) in [5, 5.41) is 17.4. The Hall–Kier alpha value is 0.0949. The normalized spacial score (nSPS) is 10.1. The molecular weight excluding hydrogens is 294 g/mol. The molecule has 0 atom stereocenters. The Labute approximate surface area is 85.8 Å². The van der Waals surface area contributed by atoms with Gasteiger partial charge in [-0.1, -0.05) is 6.07 Å². The van der Waals surface area contributed by atoms with Crippen LogP contribution in [0.15, 0.2) is 21.1 Å². The van der Waals surface area contributed by atoms with Crippen LogP contribution in [-0.2, 0) is 0 Å². The van der Waals surface area contributed by atoms with Crippen molar-refractivity contribution in [3.63, 3.8) is 0 Å². The van der Waals surface area contributed by atoms with E-state index in [2.05, 4.69) is 31.9 Å². The lowest BCUT2D eigenvalue weighted by Crippen LogP contribution is -2.32. The minimum absolute atomic E-state index is 0.148. The van der Waals surface area contributed by atoms with Gasteiger partial charge in [-0.15, -0.1) is 0 Å². The van der Waals surface area contributed by atoms with Gasteiger partial charge in [-0.2, -0.15) is 0 Å². The van der Waals surface area contributed by atoms with Crippen LogP contribution in [0, 0.1) is 5.82 Å². The largest absolute Gasteiger partial charge is 0.491 e. The second-order valence-electron chi connectivity index (χ2n) is 2.14. The first-order chi connectivity index (χ1) is 5.54. The number of halogens is 3. The fourth-order valence-corrected chi connectivity index (χ4v) is 1.41. The Morgan fingerprint density at radius 1 is 1.25 bits per heavy atom. The van der Waals surface area contributed by atoms with Gasteiger partial charge in [0.2, 0.25) is 0 Å². The number of hydrogen-bond acceptors (Lipinski definition) is 2. The van der Waals surface area contributed by atoms with Crippen molar-refractivity contribution in [3.8, 4) is 0 Å². The molecule has 0 aliphatic heterocycles. The zero-order valence-electron chi connectivity index (χ0n) is 5.76. The molecule has 0 unspecified atom stereocenters. The van der Waals surface area contributed by atoms with E-state index in [1.54, 1.807) is 0 Å². The van der Waals surface area contributed by atoms with E-state index in [0.717, 1.165) is 0 Å². The summed E-state index contributed by atoms with van der Waals surface area (Å²) < 4.78 is 13.8. The Morgan fingerprint density at radius 2 is 1.83 bits per heavy atom. The lowest BCUT2D eigenvalue weighted by atomic mass is 9.80.